The number of amides is 1. The minimum absolute atomic E-state index is 0.0134. The van der Waals surface area contributed by atoms with Gasteiger partial charge in [0.15, 0.2) is 0 Å². The second-order valence-corrected chi connectivity index (χ2v) is 9.31. The summed E-state index contributed by atoms with van der Waals surface area (Å²) in [5.41, 5.74) is 2.66. The summed E-state index contributed by atoms with van der Waals surface area (Å²) in [6.07, 6.45) is 5.29. The summed E-state index contributed by atoms with van der Waals surface area (Å²) in [4.78, 5) is 15.1. The van der Waals surface area contributed by atoms with Crippen LogP contribution < -0.4 is 10.1 Å². The molecule has 5 heteroatoms. The van der Waals surface area contributed by atoms with E-state index in [0.717, 1.165) is 64.2 Å². The van der Waals surface area contributed by atoms with Gasteiger partial charge in [-0.1, -0.05) is 42.5 Å². The van der Waals surface area contributed by atoms with Gasteiger partial charge in [0, 0.05) is 25.2 Å². The Hall–Kier alpha value is -2.37. The summed E-state index contributed by atoms with van der Waals surface area (Å²) in [5.74, 6) is 1.73. The molecule has 5 nitrogen and oxygen atoms in total. The third-order valence-corrected chi connectivity index (χ3v) is 7.22. The molecule has 1 amide bonds. The summed E-state index contributed by atoms with van der Waals surface area (Å²) in [6.45, 7) is 4.68. The van der Waals surface area contributed by atoms with Crippen molar-refractivity contribution in [2.45, 2.75) is 37.5 Å². The fourth-order valence-corrected chi connectivity index (χ4v) is 5.09. The zero-order valence-corrected chi connectivity index (χ0v) is 19.2. The molecule has 0 aromatic heterocycles. The van der Waals surface area contributed by atoms with Gasteiger partial charge in [0.05, 0.1) is 13.7 Å². The maximum Gasteiger partial charge on any atom is 0.234 e. The van der Waals surface area contributed by atoms with Crippen LogP contribution in [0.2, 0.25) is 0 Å². The molecule has 2 aliphatic rings. The van der Waals surface area contributed by atoms with E-state index >= 15 is 0 Å². The van der Waals surface area contributed by atoms with Gasteiger partial charge < -0.3 is 14.8 Å². The van der Waals surface area contributed by atoms with Crippen LogP contribution in [-0.4, -0.2) is 57.3 Å². The molecule has 2 aliphatic heterocycles. The van der Waals surface area contributed by atoms with Crippen molar-refractivity contribution in [2.24, 2.45) is 5.92 Å². The summed E-state index contributed by atoms with van der Waals surface area (Å²) < 4.78 is 10.9. The third-order valence-electron chi connectivity index (χ3n) is 7.22. The molecule has 2 fully saturated rings. The monoisotopic (exact) mass is 436 g/mol. The number of nitrogens with zero attached hydrogens (tertiary/aromatic N) is 1. The predicted molar refractivity (Wildman–Crippen MR) is 127 cm³/mol. The van der Waals surface area contributed by atoms with Crippen LogP contribution in [0.3, 0.4) is 0 Å². The van der Waals surface area contributed by atoms with E-state index in [1.807, 2.05) is 18.2 Å². The molecule has 1 N–H and O–H groups in total. The molecule has 2 aromatic rings. The molecule has 4 rings (SSSR count). The number of benzene rings is 2. The van der Waals surface area contributed by atoms with Crippen LogP contribution in [0.1, 0.15) is 36.8 Å². The van der Waals surface area contributed by atoms with Crippen molar-refractivity contribution in [3.05, 3.63) is 65.7 Å². The number of nitrogens with one attached hydrogen (secondary N) is 1. The lowest BCUT2D eigenvalue weighted by molar-refractivity contribution is -0.123. The molecule has 2 saturated heterocycles. The Morgan fingerprint density at radius 2 is 1.75 bits per heavy atom. The topological polar surface area (TPSA) is 50.8 Å². The summed E-state index contributed by atoms with van der Waals surface area (Å²) in [6, 6.07) is 19.0. The molecule has 0 atom stereocenters. The number of piperidine rings is 1. The van der Waals surface area contributed by atoms with E-state index in [9.17, 15) is 4.79 Å². The van der Waals surface area contributed by atoms with E-state index in [-0.39, 0.29) is 11.3 Å². The van der Waals surface area contributed by atoms with Gasteiger partial charge >= 0.3 is 0 Å². The second-order valence-electron chi connectivity index (χ2n) is 9.31. The number of likely N-dealkylation sites (tertiary alicyclic amines) is 1. The molecule has 0 aliphatic carbocycles. The van der Waals surface area contributed by atoms with E-state index in [2.05, 4.69) is 46.6 Å². The smallest absolute Gasteiger partial charge is 0.234 e. The first-order valence-electron chi connectivity index (χ1n) is 11.9. The first-order chi connectivity index (χ1) is 15.7. The van der Waals surface area contributed by atoms with Crippen LogP contribution in [0.4, 0.5) is 0 Å². The normalized spacial score (nSPS) is 19.4. The lowest BCUT2D eigenvalue weighted by atomic mass is 9.74. The molecular weight excluding hydrogens is 400 g/mol. The molecule has 172 valence electrons. The summed E-state index contributed by atoms with van der Waals surface area (Å²) in [5, 5.41) is 3.25. The highest BCUT2D eigenvalue weighted by Gasteiger charge is 2.35. The highest BCUT2D eigenvalue weighted by atomic mass is 16.5. The van der Waals surface area contributed by atoms with Crippen molar-refractivity contribution >= 4 is 5.91 Å². The van der Waals surface area contributed by atoms with Crippen LogP contribution in [-0.2, 0) is 21.4 Å². The Morgan fingerprint density at radius 3 is 2.41 bits per heavy atom. The Labute approximate surface area is 192 Å². The molecule has 0 bridgehead atoms. The Kier molecular flexibility index (Phi) is 7.82. The minimum atomic E-state index is -0.0134. The zero-order valence-electron chi connectivity index (χ0n) is 19.2. The van der Waals surface area contributed by atoms with Crippen LogP contribution >= 0.6 is 0 Å². The van der Waals surface area contributed by atoms with Crippen LogP contribution in [0.25, 0.3) is 0 Å². The number of hydrogen-bond acceptors (Lipinski definition) is 4. The molecule has 0 unspecified atom stereocenters. The van der Waals surface area contributed by atoms with Gasteiger partial charge in [-0.05, 0) is 74.4 Å². The van der Waals surface area contributed by atoms with Gasteiger partial charge in [0.1, 0.15) is 5.75 Å². The minimum Gasteiger partial charge on any atom is -0.497 e. The van der Waals surface area contributed by atoms with Crippen LogP contribution in [0.5, 0.6) is 5.75 Å². The average molecular weight is 437 g/mol. The molecule has 0 saturated carbocycles. The second kappa shape index (κ2) is 11.0. The number of ether oxygens (including phenoxy) is 2. The number of carbonyl (C=O) groups excluding carboxylic acids is 1. The first kappa shape index (κ1) is 22.8. The van der Waals surface area contributed by atoms with Crippen molar-refractivity contribution in [1.29, 1.82) is 0 Å². The number of carbonyl (C=O) groups is 1. The first-order valence-corrected chi connectivity index (χ1v) is 11.9. The molecular formula is C27H36N2O3. The Bertz CT molecular complexity index is 839. The average Bonchev–Trinajstić information content (AvgIpc) is 2.86. The fraction of sp³-hybridized carbons (Fsp3) is 0.519. The van der Waals surface area contributed by atoms with Crippen molar-refractivity contribution in [1.82, 2.24) is 10.2 Å². The largest absolute Gasteiger partial charge is 0.497 e. The van der Waals surface area contributed by atoms with Crippen LogP contribution in [0, 0.1) is 5.92 Å². The fourth-order valence-electron chi connectivity index (χ4n) is 5.09. The van der Waals surface area contributed by atoms with Gasteiger partial charge in [0.2, 0.25) is 5.91 Å². The Balaban J connectivity index is 1.23. The lowest BCUT2D eigenvalue weighted by Gasteiger charge is -2.38. The SMILES string of the molecule is COc1ccc(CC2CCN(CC(=O)NCC3(c4ccccc4)CCOCC3)CC2)cc1. The standard InChI is InChI=1S/C27H36N2O3/c1-31-25-9-7-22(8-10-25)19-23-11-15-29(16-12-23)20-26(30)28-21-27(13-17-32-18-14-27)24-5-3-2-4-6-24/h2-10,23H,11-21H2,1H3,(H,28,30). The van der Waals surface area contributed by atoms with E-state index in [1.165, 1.54) is 11.1 Å². The van der Waals surface area contributed by atoms with E-state index in [4.69, 9.17) is 9.47 Å². The van der Waals surface area contributed by atoms with Gasteiger partial charge in [-0.25, -0.2) is 0 Å². The summed E-state index contributed by atoms with van der Waals surface area (Å²) in [7, 11) is 1.70. The van der Waals surface area contributed by atoms with E-state index in [0.29, 0.717) is 19.0 Å². The van der Waals surface area contributed by atoms with Crippen molar-refractivity contribution in [3.8, 4) is 5.75 Å². The molecule has 2 heterocycles. The highest BCUT2D eigenvalue weighted by Crippen LogP contribution is 2.34. The number of hydrogen-bond donors (Lipinski definition) is 1. The highest BCUT2D eigenvalue weighted by molar-refractivity contribution is 5.78. The van der Waals surface area contributed by atoms with Gasteiger partial charge in [-0.15, -0.1) is 0 Å². The van der Waals surface area contributed by atoms with Crippen molar-refractivity contribution in [2.75, 3.05) is 46.5 Å². The maximum absolute atomic E-state index is 12.8. The predicted octanol–water partition coefficient (Wildman–Crippen LogP) is 3.81. The Morgan fingerprint density at radius 1 is 1.06 bits per heavy atom. The van der Waals surface area contributed by atoms with E-state index in [1.54, 1.807) is 7.11 Å². The van der Waals surface area contributed by atoms with Gasteiger partial charge in [-0.3, -0.25) is 9.69 Å². The quantitative estimate of drug-likeness (QED) is 0.684. The van der Waals surface area contributed by atoms with Crippen molar-refractivity contribution in [3.63, 3.8) is 0 Å². The molecule has 0 radical (unpaired) electrons. The van der Waals surface area contributed by atoms with E-state index < -0.39 is 0 Å². The molecule has 2 aromatic carbocycles. The zero-order chi connectivity index (χ0) is 22.2. The van der Waals surface area contributed by atoms with Crippen LogP contribution in [0.15, 0.2) is 54.6 Å². The number of methoxy groups -OCH3 is 1. The maximum atomic E-state index is 12.8. The van der Waals surface area contributed by atoms with Gasteiger partial charge in [-0.2, -0.15) is 0 Å². The molecule has 32 heavy (non-hydrogen) atoms. The molecule has 0 spiro atoms. The third kappa shape index (κ3) is 5.90. The van der Waals surface area contributed by atoms with Crippen molar-refractivity contribution < 1.29 is 14.3 Å². The number of rotatable bonds is 8. The lowest BCUT2D eigenvalue weighted by Crippen LogP contribution is -2.48. The van der Waals surface area contributed by atoms with Gasteiger partial charge in [0.25, 0.3) is 0 Å². The summed E-state index contributed by atoms with van der Waals surface area (Å²) >= 11 is 0.